The molecule has 0 amide bonds. The number of rotatable bonds is 6. The molecule has 0 spiro atoms. The Morgan fingerprint density at radius 1 is 1.28 bits per heavy atom. The molecule has 18 heavy (non-hydrogen) atoms. The van der Waals surface area contributed by atoms with Crippen LogP contribution in [-0.2, 0) is 17.3 Å². The van der Waals surface area contributed by atoms with E-state index < -0.39 is 16.5 Å². The molecule has 1 rings (SSSR count). The zero-order valence-electron chi connectivity index (χ0n) is 10.5. The van der Waals surface area contributed by atoms with E-state index in [0.717, 1.165) is 6.42 Å². The molecule has 102 valence electrons. The Hall–Kier alpha value is -1.27. The zero-order valence-corrected chi connectivity index (χ0v) is 11.3. The van der Waals surface area contributed by atoms with Crippen LogP contribution in [-0.4, -0.2) is 37.6 Å². The molecular weight excluding hydrogens is 254 g/mol. The molecule has 5 nitrogen and oxygen atoms in total. The Balaban J connectivity index is 2.45. The Morgan fingerprint density at radius 2 is 1.94 bits per heavy atom. The summed E-state index contributed by atoms with van der Waals surface area (Å²) in [6, 6.07) is 2.87. The summed E-state index contributed by atoms with van der Waals surface area (Å²) in [5.74, 6) is -1.15. The number of phenolic OH excluding ortho intramolecular Hbond substituents is 3. The molecule has 0 aliphatic rings. The number of hydrogen-bond acceptors (Lipinski definition) is 5. The molecule has 0 aromatic heterocycles. The van der Waals surface area contributed by atoms with Gasteiger partial charge in [0.15, 0.2) is 11.5 Å². The first-order valence-electron chi connectivity index (χ1n) is 5.69. The standard InChI is InChI=1S/C12H19NO4S/c1-8(18(2)17)5-6-13-7-9-3-4-10(14)12(16)11(9)15/h3-4,8,13-16H,5-7H2,1-2H3. The lowest BCUT2D eigenvalue weighted by Crippen LogP contribution is -2.20. The second-order valence-corrected chi connectivity index (χ2v) is 6.02. The molecule has 0 bridgehead atoms. The van der Waals surface area contributed by atoms with Crippen molar-refractivity contribution in [3.8, 4) is 17.2 Å². The summed E-state index contributed by atoms with van der Waals surface area (Å²) in [7, 11) is -0.832. The van der Waals surface area contributed by atoms with E-state index in [1.54, 1.807) is 12.3 Å². The molecule has 2 atom stereocenters. The minimum atomic E-state index is -0.832. The fraction of sp³-hybridized carbons (Fsp3) is 0.500. The summed E-state index contributed by atoms with van der Waals surface area (Å²) in [5.41, 5.74) is 0.510. The Bertz CT molecular complexity index is 436. The van der Waals surface area contributed by atoms with E-state index >= 15 is 0 Å². The summed E-state index contributed by atoms with van der Waals surface area (Å²) < 4.78 is 11.1. The van der Waals surface area contributed by atoms with E-state index in [0.29, 0.717) is 18.7 Å². The number of nitrogens with one attached hydrogen (secondary N) is 1. The van der Waals surface area contributed by atoms with Crippen LogP contribution in [0.3, 0.4) is 0 Å². The van der Waals surface area contributed by atoms with Gasteiger partial charge in [0, 0.05) is 34.4 Å². The Labute approximate surface area is 109 Å². The lowest BCUT2D eigenvalue weighted by Gasteiger charge is -2.11. The highest BCUT2D eigenvalue weighted by Gasteiger charge is 2.11. The van der Waals surface area contributed by atoms with Crippen LogP contribution in [0, 0.1) is 0 Å². The molecular formula is C12H19NO4S. The molecule has 6 heteroatoms. The third kappa shape index (κ3) is 3.89. The predicted molar refractivity (Wildman–Crippen MR) is 71.3 cm³/mol. The Kier molecular flexibility index (Phi) is 5.43. The zero-order chi connectivity index (χ0) is 13.7. The summed E-state index contributed by atoms with van der Waals surface area (Å²) in [6.45, 7) is 2.96. The van der Waals surface area contributed by atoms with Gasteiger partial charge in [-0.05, 0) is 19.0 Å². The van der Waals surface area contributed by atoms with Gasteiger partial charge in [0.05, 0.1) is 0 Å². The van der Waals surface area contributed by atoms with Crippen molar-refractivity contribution in [2.75, 3.05) is 12.8 Å². The number of hydrogen-bond donors (Lipinski definition) is 4. The van der Waals surface area contributed by atoms with Crippen molar-refractivity contribution in [3.63, 3.8) is 0 Å². The highest BCUT2D eigenvalue weighted by molar-refractivity contribution is 7.84. The maximum atomic E-state index is 11.1. The molecule has 2 unspecified atom stereocenters. The molecule has 0 aliphatic heterocycles. The van der Waals surface area contributed by atoms with Crippen molar-refractivity contribution in [1.82, 2.24) is 5.32 Å². The van der Waals surface area contributed by atoms with E-state index in [4.69, 9.17) is 5.11 Å². The highest BCUT2D eigenvalue weighted by Crippen LogP contribution is 2.36. The van der Waals surface area contributed by atoms with E-state index in [9.17, 15) is 14.4 Å². The van der Waals surface area contributed by atoms with Crippen molar-refractivity contribution < 1.29 is 19.5 Å². The van der Waals surface area contributed by atoms with Crippen LogP contribution in [0.4, 0.5) is 0 Å². The fourth-order valence-electron chi connectivity index (χ4n) is 1.45. The lowest BCUT2D eigenvalue weighted by atomic mass is 10.1. The van der Waals surface area contributed by atoms with Gasteiger partial charge in [0.25, 0.3) is 0 Å². The minimum Gasteiger partial charge on any atom is -0.504 e. The van der Waals surface area contributed by atoms with E-state index in [1.165, 1.54) is 6.07 Å². The predicted octanol–water partition coefficient (Wildman–Crippen LogP) is 1.05. The molecule has 0 radical (unpaired) electrons. The topological polar surface area (TPSA) is 89.8 Å². The van der Waals surface area contributed by atoms with Crippen LogP contribution >= 0.6 is 0 Å². The minimum absolute atomic E-state index is 0.124. The average molecular weight is 273 g/mol. The molecule has 0 saturated carbocycles. The largest absolute Gasteiger partial charge is 0.504 e. The first kappa shape index (κ1) is 14.8. The maximum Gasteiger partial charge on any atom is 0.200 e. The fourth-order valence-corrected chi connectivity index (χ4v) is 1.90. The van der Waals surface area contributed by atoms with Gasteiger partial charge in [0.2, 0.25) is 5.75 Å². The van der Waals surface area contributed by atoms with Crippen LogP contribution in [0.25, 0.3) is 0 Å². The van der Waals surface area contributed by atoms with Crippen LogP contribution in [0.15, 0.2) is 12.1 Å². The summed E-state index contributed by atoms with van der Waals surface area (Å²) in [6.07, 6.45) is 2.45. The summed E-state index contributed by atoms with van der Waals surface area (Å²) in [5, 5.41) is 31.3. The molecule has 1 aromatic carbocycles. The highest BCUT2D eigenvalue weighted by atomic mass is 32.2. The molecule has 0 aliphatic carbocycles. The average Bonchev–Trinajstić information content (AvgIpc) is 2.33. The number of aromatic hydroxyl groups is 3. The van der Waals surface area contributed by atoms with E-state index in [1.807, 2.05) is 6.92 Å². The maximum absolute atomic E-state index is 11.1. The van der Waals surface area contributed by atoms with E-state index in [-0.39, 0.29) is 16.7 Å². The van der Waals surface area contributed by atoms with Crippen molar-refractivity contribution in [2.45, 2.75) is 25.1 Å². The van der Waals surface area contributed by atoms with Gasteiger partial charge in [-0.1, -0.05) is 13.0 Å². The molecule has 1 aromatic rings. The first-order valence-corrected chi connectivity index (χ1v) is 7.31. The normalized spacial score (nSPS) is 14.3. The van der Waals surface area contributed by atoms with E-state index in [2.05, 4.69) is 5.32 Å². The molecule has 0 fully saturated rings. The monoisotopic (exact) mass is 273 g/mol. The second kappa shape index (κ2) is 6.61. The van der Waals surface area contributed by atoms with Crippen LogP contribution in [0.5, 0.6) is 17.2 Å². The van der Waals surface area contributed by atoms with Gasteiger partial charge in [0.1, 0.15) is 0 Å². The molecule has 4 N–H and O–H groups in total. The van der Waals surface area contributed by atoms with Crippen molar-refractivity contribution in [3.05, 3.63) is 17.7 Å². The van der Waals surface area contributed by atoms with Crippen LogP contribution in [0.1, 0.15) is 18.9 Å². The third-order valence-corrected chi connectivity index (χ3v) is 4.19. The van der Waals surface area contributed by atoms with Gasteiger partial charge < -0.3 is 20.6 Å². The smallest absolute Gasteiger partial charge is 0.200 e. The van der Waals surface area contributed by atoms with Gasteiger partial charge in [-0.2, -0.15) is 0 Å². The van der Waals surface area contributed by atoms with Gasteiger partial charge in [-0.15, -0.1) is 0 Å². The SMILES string of the molecule is CC(CCNCc1ccc(O)c(O)c1O)S(C)=O. The van der Waals surface area contributed by atoms with Crippen molar-refractivity contribution in [1.29, 1.82) is 0 Å². The quantitative estimate of drug-likeness (QED) is 0.459. The molecule has 0 saturated heterocycles. The summed E-state index contributed by atoms with van der Waals surface area (Å²) in [4.78, 5) is 0. The molecule has 0 heterocycles. The lowest BCUT2D eigenvalue weighted by molar-refractivity contribution is 0.364. The second-order valence-electron chi connectivity index (χ2n) is 4.22. The number of phenols is 3. The summed E-state index contributed by atoms with van der Waals surface area (Å²) >= 11 is 0. The van der Waals surface area contributed by atoms with Gasteiger partial charge in [-0.25, -0.2) is 0 Å². The third-order valence-electron chi connectivity index (χ3n) is 2.82. The van der Waals surface area contributed by atoms with Crippen LogP contribution in [0.2, 0.25) is 0 Å². The van der Waals surface area contributed by atoms with Gasteiger partial charge in [-0.3, -0.25) is 4.21 Å². The van der Waals surface area contributed by atoms with Crippen molar-refractivity contribution >= 4 is 10.8 Å². The Morgan fingerprint density at radius 3 is 2.56 bits per heavy atom. The first-order chi connectivity index (χ1) is 8.43. The van der Waals surface area contributed by atoms with Gasteiger partial charge >= 0.3 is 0 Å². The number of benzene rings is 1. The van der Waals surface area contributed by atoms with Crippen molar-refractivity contribution in [2.24, 2.45) is 0 Å². The van der Waals surface area contributed by atoms with Crippen LogP contribution < -0.4 is 5.32 Å².